The van der Waals surface area contributed by atoms with Crippen LogP contribution in [0.3, 0.4) is 0 Å². The van der Waals surface area contributed by atoms with Crippen LogP contribution in [0.5, 0.6) is 0 Å². The second-order valence-corrected chi connectivity index (χ2v) is 6.06. The van der Waals surface area contributed by atoms with Crippen LogP contribution in [0.25, 0.3) is 22.4 Å². The van der Waals surface area contributed by atoms with Gasteiger partial charge in [0.15, 0.2) is 0 Å². The van der Waals surface area contributed by atoms with Gasteiger partial charge in [-0.15, -0.1) is 0 Å². The largest absolute Gasteiger partial charge is 0.369 e. The molecule has 0 amide bonds. The summed E-state index contributed by atoms with van der Waals surface area (Å²) in [6.45, 7) is 10.5. The number of aryl methyl sites for hydroxylation is 1. The summed E-state index contributed by atoms with van der Waals surface area (Å²) < 4.78 is 5.43. The molecule has 132 valence electrons. The molecule has 0 saturated heterocycles. The van der Waals surface area contributed by atoms with Crippen LogP contribution in [0, 0.1) is 6.92 Å². The number of benzene rings is 1. The molecule has 0 atom stereocenters. The van der Waals surface area contributed by atoms with Gasteiger partial charge in [0.25, 0.3) is 5.71 Å². The fourth-order valence-corrected chi connectivity index (χ4v) is 2.99. The second-order valence-electron chi connectivity index (χ2n) is 6.06. The number of nitrogens with one attached hydrogen (secondary N) is 1. The fraction of sp³-hybridized carbons (Fsp3) is 0.421. The quantitative estimate of drug-likeness (QED) is 0.631. The van der Waals surface area contributed by atoms with Crippen LogP contribution < -0.4 is 5.32 Å². The van der Waals surface area contributed by atoms with E-state index in [2.05, 4.69) is 52.2 Å². The SMILES string of the molecule is CCN(CC)CCCNc1ncnc2onc(-c3ccccc3C)c12. The van der Waals surface area contributed by atoms with Crippen molar-refractivity contribution in [2.24, 2.45) is 0 Å². The summed E-state index contributed by atoms with van der Waals surface area (Å²) in [5, 5.41) is 8.52. The van der Waals surface area contributed by atoms with Crippen molar-refractivity contribution in [1.82, 2.24) is 20.0 Å². The monoisotopic (exact) mass is 339 g/mol. The van der Waals surface area contributed by atoms with E-state index in [1.54, 1.807) is 0 Å². The molecule has 0 aliphatic carbocycles. The fourth-order valence-electron chi connectivity index (χ4n) is 2.99. The van der Waals surface area contributed by atoms with E-state index in [0.717, 1.165) is 60.6 Å². The van der Waals surface area contributed by atoms with E-state index in [-0.39, 0.29) is 0 Å². The van der Waals surface area contributed by atoms with Gasteiger partial charge >= 0.3 is 0 Å². The molecule has 1 aromatic carbocycles. The van der Waals surface area contributed by atoms with Crippen molar-refractivity contribution in [1.29, 1.82) is 0 Å². The minimum atomic E-state index is 0.513. The van der Waals surface area contributed by atoms with Gasteiger partial charge in [0.2, 0.25) is 0 Å². The summed E-state index contributed by atoms with van der Waals surface area (Å²) in [4.78, 5) is 11.0. The van der Waals surface area contributed by atoms with E-state index >= 15 is 0 Å². The predicted octanol–water partition coefficient (Wildman–Crippen LogP) is 3.74. The van der Waals surface area contributed by atoms with Gasteiger partial charge in [-0.25, -0.2) is 4.98 Å². The van der Waals surface area contributed by atoms with Crippen molar-refractivity contribution in [3.8, 4) is 11.3 Å². The van der Waals surface area contributed by atoms with Gasteiger partial charge < -0.3 is 14.7 Å². The molecular weight excluding hydrogens is 314 g/mol. The molecule has 2 heterocycles. The molecule has 0 saturated carbocycles. The molecule has 25 heavy (non-hydrogen) atoms. The third-order valence-electron chi connectivity index (χ3n) is 4.51. The standard InChI is InChI=1S/C19H25N5O/c1-4-24(5-2)12-8-11-20-18-16-17(15-10-7-6-9-14(15)3)23-25-19(16)22-13-21-18/h6-7,9-10,13H,4-5,8,11-12H2,1-3H3,(H,20,21,22). The van der Waals surface area contributed by atoms with E-state index in [0.29, 0.717) is 5.71 Å². The van der Waals surface area contributed by atoms with Crippen LogP contribution in [0.1, 0.15) is 25.8 Å². The zero-order chi connectivity index (χ0) is 17.6. The Hall–Kier alpha value is -2.47. The number of aromatic nitrogens is 3. The van der Waals surface area contributed by atoms with Gasteiger partial charge in [-0.3, -0.25) is 0 Å². The van der Waals surface area contributed by atoms with Crippen molar-refractivity contribution in [3.63, 3.8) is 0 Å². The summed E-state index contributed by atoms with van der Waals surface area (Å²) in [5.41, 5.74) is 3.50. The Morgan fingerprint density at radius 2 is 1.92 bits per heavy atom. The van der Waals surface area contributed by atoms with Gasteiger partial charge in [-0.05, 0) is 38.5 Å². The maximum Gasteiger partial charge on any atom is 0.263 e. The van der Waals surface area contributed by atoms with Crippen molar-refractivity contribution in [2.75, 3.05) is 31.5 Å². The Labute approximate surface area is 148 Å². The number of rotatable bonds is 8. The normalized spacial score (nSPS) is 11.4. The molecular formula is C19H25N5O. The Balaban J connectivity index is 1.82. The summed E-state index contributed by atoms with van der Waals surface area (Å²) in [5.74, 6) is 0.782. The van der Waals surface area contributed by atoms with Crippen LogP contribution in [-0.4, -0.2) is 46.2 Å². The first-order chi connectivity index (χ1) is 12.2. The van der Waals surface area contributed by atoms with E-state index in [4.69, 9.17) is 4.52 Å². The van der Waals surface area contributed by atoms with Crippen molar-refractivity contribution >= 4 is 16.9 Å². The molecule has 0 fully saturated rings. The Morgan fingerprint density at radius 1 is 1.12 bits per heavy atom. The average molecular weight is 339 g/mol. The van der Waals surface area contributed by atoms with Crippen molar-refractivity contribution < 1.29 is 4.52 Å². The molecule has 0 bridgehead atoms. The summed E-state index contributed by atoms with van der Waals surface area (Å²) in [6.07, 6.45) is 2.57. The maximum absolute atomic E-state index is 5.43. The Kier molecular flexibility index (Phi) is 5.60. The number of hydrogen-bond donors (Lipinski definition) is 1. The molecule has 0 radical (unpaired) electrons. The average Bonchev–Trinajstić information content (AvgIpc) is 3.07. The van der Waals surface area contributed by atoms with E-state index in [9.17, 15) is 0 Å². The van der Waals surface area contributed by atoms with Gasteiger partial charge in [-0.2, -0.15) is 4.98 Å². The van der Waals surface area contributed by atoms with Crippen LogP contribution in [0.4, 0.5) is 5.82 Å². The number of fused-ring (bicyclic) bond motifs is 1. The smallest absolute Gasteiger partial charge is 0.263 e. The number of anilines is 1. The molecule has 0 unspecified atom stereocenters. The summed E-state index contributed by atoms with van der Waals surface area (Å²) in [6, 6.07) is 8.13. The van der Waals surface area contributed by atoms with Gasteiger partial charge in [-0.1, -0.05) is 43.3 Å². The minimum Gasteiger partial charge on any atom is -0.369 e. The first-order valence-electron chi connectivity index (χ1n) is 8.87. The first kappa shape index (κ1) is 17.4. The van der Waals surface area contributed by atoms with Crippen LogP contribution in [0.2, 0.25) is 0 Å². The van der Waals surface area contributed by atoms with E-state index < -0.39 is 0 Å². The lowest BCUT2D eigenvalue weighted by Crippen LogP contribution is -2.25. The van der Waals surface area contributed by atoms with Gasteiger partial charge in [0.1, 0.15) is 23.2 Å². The molecule has 0 aliphatic heterocycles. The number of hydrogen-bond acceptors (Lipinski definition) is 6. The lowest BCUT2D eigenvalue weighted by Gasteiger charge is -2.17. The third-order valence-corrected chi connectivity index (χ3v) is 4.51. The predicted molar refractivity (Wildman–Crippen MR) is 101 cm³/mol. The van der Waals surface area contributed by atoms with E-state index in [1.165, 1.54) is 6.33 Å². The highest BCUT2D eigenvalue weighted by Crippen LogP contribution is 2.32. The lowest BCUT2D eigenvalue weighted by atomic mass is 10.0. The highest BCUT2D eigenvalue weighted by Gasteiger charge is 2.17. The second kappa shape index (κ2) is 8.07. The van der Waals surface area contributed by atoms with Crippen LogP contribution in [-0.2, 0) is 0 Å². The third kappa shape index (κ3) is 3.79. The van der Waals surface area contributed by atoms with E-state index in [1.807, 2.05) is 18.2 Å². The number of nitrogens with zero attached hydrogens (tertiary/aromatic N) is 4. The molecule has 0 aliphatic rings. The molecule has 0 spiro atoms. The zero-order valence-corrected chi connectivity index (χ0v) is 15.1. The lowest BCUT2D eigenvalue weighted by molar-refractivity contribution is 0.303. The molecule has 3 rings (SSSR count). The van der Waals surface area contributed by atoms with Crippen molar-refractivity contribution in [3.05, 3.63) is 36.2 Å². The van der Waals surface area contributed by atoms with Gasteiger partial charge in [0, 0.05) is 12.1 Å². The highest BCUT2D eigenvalue weighted by molar-refractivity contribution is 5.98. The highest BCUT2D eigenvalue weighted by atomic mass is 16.5. The molecule has 2 aromatic heterocycles. The summed E-state index contributed by atoms with van der Waals surface area (Å²) >= 11 is 0. The molecule has 6 heteroatoms. The zero-order valence-electron chi connectivity index (χ0n) is 15.1. The molecule has 6 nitrogen and oxygen atoms in total. The summed E-state index contributed by atoms with van der Waals surface area (Å²) in [7, 11) is 0. The van der Waals surface area contributed by atoms with Crippen LogP contribution in [0.15, 0.2) is 35.1 Å². The topological polar surface area (TPSA) is 67.1 Å². The van der Waals surface area contributed by atoms with Crippen molar-refractivity contribution in [2.45, 2.75) is 27.2 Å². The molecule has 1 N–H and O–H groups in total. The first-order valence-corrected chi connectivity index (χ1v) is 8.87. The molecule has 3 aromatic rings. The van der Waals surface area contributed by atoms with Gasteiger partial charge in [0.05, 0.1) is 0 Å². The Morgan fingerprint density at radius 3 is 2.68 bits per heavy atom. The maximum atomic E-state index is 5.43. The van der Waals surface area contributed by atoms with Crippen LogP contribution >= 0.6 is 0 Å². The Bertz CT molecular complexity index is 826. The minimum absolute atomic E-state index is 0.513.